The van der Waals surface area contributed by atoms with E-state index >= 15 is 0 Å². The van der Waals surface area contributed by atoms with Crippen LogP contribution in [0, 0.1) is 6.92 Å². The van der Waals surface area contributed by atoms with Gasteiger partial charge in [-0.25, -0.2) is 0 Å². The van der Waals surface area contributed by atoms with E-state index < -0.39 is 0 Å². The molecule has 0 saturated heterocycles. The number of carbonyl (C=O) groups excluding carboxylic acids is 1. The molecule has 0 fully saturated rings. The van der Waals surface area contributed by atoms with E-state index in [9.17, 15) is 4.79 Å². The lowest BCUT2D eigenvalue weighted by Gasteiger charge is -2.22. The maximum Gasteiger partial charge on any atom is 0.257 e. The molecule has 1 amide bonds. The lowest BCUT2D eigenvalue weighted by atomic mass is 10.0. The number of benzene rings is 2. The summed E-state index contributed by atoms with van der Waals surface area (Å²) < 4.78 is 5.30. The van der Waals surface area contributed by atoms with Gasteiger partial charge in [-0.2, -0.15) is 0 Å². The van der Waals surface area contributed by atoms with E-state index in [2.05, 4.69) is 41.4 Å². The summed E-state index contributed by atoms with van der Waals surface area (Å²) in [7, 11) is 0. The van der Waals surface area contributed by atoms with Gasteiger partial charge in [0.05, 0.1) is 16.1 Å². The topological polar surface area (TPSA) is 58.4 Å². The molecule has 1 heterocycles. The summed E-state index contributed by atoms with van der Waals surface area (Å²) >= 11 is 12.6. The first-order valence-electron chi connectivity index (χ1n) is 9.93. The smallest absolute Gasteiger partial charge is 0.257 e. The van der Waals surface area contributed by atoms with E-state index in [1.165, 1.54) is 0 Å². The third-order valence-corrected chi connectivity index (χ3v) is 5.79. The van der Waals surface area contributed by atoms with Crippen molar-refractivity contribution in [2.45, 2.75) is 33.7 Å². The van der Waals surface area contributed by atoms with Crippen LogP contribution in [0.1, 0.15) is 48.5 Å². The van der Waals surface area contributed by atoms with Crippen LogP contribution in [0.5, 0.6) is 0 Å². The highest BCUT2D eigenvalue weighted by molar-refractivity contribution is 6.39. The van der Waals surface area contributed by atoms with Gasteiger partial charge in [-0.15, -0.1) is 0 Å². The molecule has 1 atom stereocenters. The number of carbonyl (C=O) groups is 1. The van der Waals surface area contributed by atoms with Crippen molar-refractivity contribution in [2.24, 2.45) is 0 Å². The molecule has 0 aliphatic rings. The van der Waals surface area contributed by atoms with Gasteiger partial charge in [-0.05, 0) is 57.5 Å². The number of hydrogen-bond donors (Lipinski definition) is 1. The second-order valence-electron chi connectivity index (χ2n) is 7.02. The normalized spacial score (nSPS) is 11.9. The lowest BCUT2D eigenvalue weighted by Crippen LogP contribution is -2.27. The number of nitrogens with one attached hydrogen (secondary N) is 1. The molecular weight excluding hydrogens is 421 g/mol. The summed E-state index contributed by atoms with van der Waals surface area (Å²) in [6, 6.07) is 13.2. The monoisotopic (exact) mass is 445 g/mol. The Labute approximate surface area is 187 Å². The number of hydrogen-bond acceptors (Lipinski definition) is 4. The summed E-state index contributed by atoms with van der Waals surface area (Å²) in [4.78, 5) is 15.4. The van der Waals surface area contributed by atoms with Gasteiger partial charge < -0.3 is 14.7 Å². The van der Waals surface area contributed by atoms with Crippen LogP contribution in [-0.2, 0) is 0 Å². The molecule has 1 N–H and O–H groups in total. The Bertz CT molecular complexity index is 1010. The Morgan fingerprint density at radius 1 is 1.10 bits per heavy atom. The Morgan fingerprint density at radius 2 is 1.70 bits per heavy atom. The number of halogens is 2. The first kappa shape index (κ1) is 22.2. The van der Waals surface area contributed by atoms with Gasteiger partial charge in [0.25, 0.3) is 5.91 Å². The number of amides is 1. The quantitative estimate of drug-likeness (QED) is 0.463. The van der Waals surface area contributed by atoms with Crippen LogP contribution in [0.25, 0.3) is 11.3 Å². The second kappa shape index (κ2) is 9.54. The lowest BCUT2D eigenvalue weighted by molar-refractivity contribution is 0.0939. The van der Waals surface area contributed by atoms with E-state index in [-0.39, 0.29) is 11.9 Å². The Hall–Kier alpha value is -2.50. The van der Waals surface area contributed by atoms with Gasteiger partial charge in [0.1, 0.15) is 17.0 Å². The summed E-state index contributed by atoms with van der Waals surface area (Å²) in [5.41, 5.74) is 3.32. The molecule has 158 valence electrons. The second-order valence-corrected chi connectivity index (χ2v) is 7.83. The van der Waals surface area contributed by atoms with Crippen molar-refractivity contribution in [1.82, 2.24) is 10.5 Å². The van der Waals surface area contributed by atoms with Crippen LogP contribution in [-0.4, -0.2) is 24.2 Å². The summed E-state index contributed by atoms with van der Waals surface area (Å²) in [5.74, 6) is 0.114. The van der Waals surface area contributed by atoms with Crippen LogP contribution in [0.4, 0.5) is 5.69 Å². The van der Waals surface area contributed by atoms with Crippen molar-refractivity contribution >= 4 is 34.8 Å². The SMILES string of the molecule is CCN(CC)c1ccc(C(C)NC(=O)c2c(-c3c(Cl)cccc3Cl)noc2C)cc1. The first-order chi connectivity index (χ1) is 14.4. The van der Waals surface area contributed by atoms with Crippen LogP contribution in [0.3, 0.4) is 0 Å². The molecule has 7 heteroatoms. The van der Waals surface area contributed by atoms with Crippen molar-refractivity contribution in [3.63, 3.8) is 0 Å². The van der Waals surface area contributed by atoms with Crippen molar-refractivity contribution in [1.29, 1.82) is 0 Å². The molecule has 0 bridgehead atoms. The summed E-state index contributed by atoms with van der Waals surface area (Å²) in [5, 5.41) is 7.89. The molecule has 0 saturated carbocycles. The number of anilines is 1. The molecular formula is C23H25Cl2N3O2. The molecule has 0 aliphatic carbocycles. The minimum atomic E-state index is -0.292. The molecule has 5 nitrogen and oxygen atoms in total. The molecule has 3 rings (SSSR count). The molecule has 1 unspecified atom stereocenters. The Morgan fingerprint density at radius 3 is 2.27 bits per heavy atom. The predicted octanol–water partition coefficient (Wildman–Crippen LogP) is 6.29. The van der Waals surface area contributed by atoms with Gasteiger partial charge in [-0.3, -0.25) is 4.79 Å². The standard InChI is InChI=1S/C23H25Cl2N3O2/c1-5-28(6-2)17-12-10-16(11-13-17)14(3)26-23(29)20-15(4)30-27-22(20)21-18(24)8-7-9-19(21)25/h7-14H,5-6H2,1-4H3,(H,26,29). The highest BCUT2D eigenvalue weighted by Gasteiger charge is 2.25. The number of rotatable bonds is 7. The van der Waals surface area contributed by atoms with Crippen LogP contribution in [0.2, 0.25) is 10.0 Å². The van der Waals surface area contributed by atoms with Crippen molar-refractivity contribution < 1.29 is 9.32 Å². The van der Waals surface area contributed by atoms with E-state index in [0.29, 0.717) is 32.6 Å². The molecule has 0 spiro atoms. The van der Waals surface area contributed by atoms with Gasteiger partial charge >= 0.3 is 0 Å². The first-order valence-corrected chi connectivity index (χ1v) is 10.7. The van der Waals surface area contributed by atoms with Crippen LogP contribution in [0.15, 0.2) is 47.0 Å². The molecule has 0 aliphatic heterocycles. The molecule has 0 radical (unpaired) electrons. The fourth-order valence-corrected chi connectivity index (χ4v) is 4.03. The summed E-state index contributed by atoms with van der Waals surface area (Å²) in [6.45, 7) is 9.79. The molecule has 2 aromatic carbocycles. The third-order valence-electron chi connectivity index (χ3n) is 5.16. The maximum absolute atomic E-state index is 13.1. The molecule has 1 aromatic heterocycles. The van der Waals surface area contributed by atoms with E-state index in [1.54, 1.807) is 25.1 Å². The number of aromatic nitrogens is 1. The van der Waals surface area contributed by atoms with E-state index in [0.717, 1.165) is 24.3 Å². The van der Waals surface area contributed by atoms with Gasteiger partial charge in [0.2, 0.25) is 0 Å². The molecule has 3 aromatic rings. The van der Waals surface area contributed by atoms with Gasteiger partial charge in [0.15, 0.2) is 0 Å². The fraction of sp³-hybridized carbons (Fsp3) is 0.304. The highest BCUT2D eigenvalue weighted by atomic mass is 35.5. The zero-order chi connectivity index (χ0) is 21.8. The predicted molar refractivity (Wildman–Crippen MR) is 123 cm³/mol. The third kappa shape index (κ3) is 4.47. The van der Waals surface area contributed by atoms with Crippen molar-refractivity contribution in [3.8, 4) is 11.3 Å². The van der Waals surface area contributed by atoms with Crippen molar-refractivity contribution in [2.75, 3.05) is 18.0 Å². The number of nitrogens with zero attached hydrogens (tertiary/aromatic N) is 2. The Kier molecular flexibility index (Phi) is 7.06. The van der Waals surface area contributed by atoms with Crippen molar-refractivity contribution in [3.05, 3.63) is 69.4 Å². The maximum atomic E-state index is 13.1. The van der Waals surface area contributed by atoms with Gasteiger partial charge in [-0.1, -0.05) is 46.6 Å². The largest absolute Gasteiger partial charge is 0.372 e. The van der Waals surface area contributed by atoms with E-state index in [1.807, 2.05) is 19.1 Å². The zero-order valence-electron chi connectivity index (χ0n) is 17.5. The average molecular weight is 446 g/mol. The minimum Gasteiger partial charge on any atom is -0.372 e. The van der Waals surface area contributed by atoms with Crippen LogP contribution >= 0.6 is 23.2 Å². The zero-order valence-corrected chi connectivity index (χ0v) is 19.0. The fourth-order valence-electron chi connectivity index (χ4n) is 3.45. The average Bonchev–Trinajstić information content (AvgIpc) is 3.10. The van der Waals surface area contributed by atoms with E-state index in [4.69, 9.17) is 27.7 Å². The highest BCUT2D eigenvalue weighted by Crippen LogP contribution is 2.36. The Balaban J connectivity index is 1.84. The van der Waals surface area contributed by atoms with Gasteiger partial charge in [0, 0.05) is 24.3 Å². The van der Waals surface area contributed by atoms with Crippen LogP contribution < -0.4 is 10.2 Å². The number of aryl methyl sites for hydroxylation is 1. The summed E-state index contributed by atoms with van der Waals surface area (Å²) in [6.07, 6.45) is 0. The minimum absolute atomic E-state index is 0.202. The molecule has 30 heavy (non-hydrogen) atoms.